The van der Waals surface area contributed by atoms with Crippen LogP contribution in [-0.4, -0.2) is 18.1 Å². The van der Waals surface area contributed by atoms with Gasteiger partial charge in [-0.1, -0.05) is 36.4 Å². The maximum absolute atomic E-state index is 12.6. The molecule has 0 bridgehead atoms. The Morgan fingerprint density at radius 2 is 1.42 bits per heavy atom. The van der Waals surface area contributed by atoms with Crippen LogP contribution in [0.1, 0.15) is 31.9 Å². The van der Waals surface area contributed by atoms with Crippen LogP contribution in [0, 0.1) is 0 Å². The van der Waals surface area contributed by atoms with E-state index in [1.165, 1.54) is 12.1 Å². The molecule has 2 aromatic rings. The molecule has 0 fully saturated rings. The number of rotatable bonds is 5. The van der Waals surface area contributed by atoms with E-state index in [1.807, 2.05) is 45.0 Å². The number of esters is 1. The average Bonchev–Trinajstić information content (AvgIpc) is 2.53. The van der Waals surface area contributed by atoms with Crippen molar-refractivity contribution in [1.82, 2.24) is 5.32 Å². The number of hydrogen-bond donors (Lipinski definition) is 1. The van der Waals surface area contributed by atoms with Crippen molar-refractivity contribution >= 4 is 5.97 Å². The topological polar surface area (TPSA) is 38.3 Å². The predicted octanol–water partition coefficient (Wildman–Crippen LogP) is 4.80. The molecule has 0 aliphatic carbocycles. The Bertz CT molecular complexity index is 730. The van der Waals surface area contributed by atoms with Crippen molar-refractivity contribution < 1.29 is 22.7 Å². The van der Waals surface area contributed by atoms with E-state index in [0.717, 1.165) is 23.3 Å². The number of halogens is 3. The van der Waals surface area contributed by atoms with Gasteiger partial charge in [0.1, 0.15) is 5.60 Å². The summed E-state index contributed by atoms with van der Waals surface area (Å²) >= 11 is 0. The lowest BCUT2D eigenvalue weighted by molar-refractivity contribution is -0.153. The van der Waals surface area contributed by atoms with Crippen molar-refractivity contribution in [2.45, 2.75) is 39.1 Å². The first-order valence-electron chi connectivity index (χ1n) is 8.24. The minimum Gasteiger partial charge on any atom is -0.459 e. The summed E-state index contributed by atoms with van der Waals surface area (Å²) in [6.45, 7) is 6.03. The van der Waals surface area contributed by atoms with Gasteiger partial charge in [0.15, 0.2) is 0 Å². The Morgan fingerprint density at radius 3 is 1.88 bits per heavy atom. The molecule has 140 valence electrons. The molecule has 0 spiro atoms. The first kappa shape index (κ1) is 20.0. The first-order chi connectivity index (χ1) is 12.0. The Morgan fingerprint density at radius 1 is 0.923 bits per heavy atom. The van der Waals surface area contributed by atoms with Gasteiger partial charge in [-0.15, -0.1) is 0 Å². The fourth-order valence-corrected chi connectivity index (χ4v) is 2.35. The normalized spacial score (nSPS) is 12.1. The van der Waals surface area contributed by atoms with Gasteiger partial charge in [-0.05, 0) is 49.6 Å². The largest absolute Gasteiger partial charge is 0.459 e. The summed E-state index contributed by atoms with van der Waals surface area (Å²) < 4.78 is 43.0. The van der Waals surface area contributed by atoms with Crippen LogP contribution in [0.3, 0.4) is 0 Å². The lowest BCUT2D eigenvalue weighted by atomic mass is 10.0. The van der Waals surface area contributed by atoms with Gasteiger partial charge < -0.3 is 10.1 Å². The van der Waals surface area contributed by atoms with E-state index in [4.69, 9.17) is 4.74 Å². The monoisotopic (exact) mass is 365 g/mol. The summed E-state index contributed by atoms with van der Waals surface area (Å²) in [5.74, 6) is -0.320. The zero-order valence-electron chi connectivity index (χ0n) is 15.0. The Labute approximate surface area is 151 Å². The van der Waals surface area contributed by atoms with Gasteiger partial charge in [0.2, 0.25) is 0 Å². The van der Waals surface area contributed by atoms with Crippen LogP contribution >= 0.6 is 0 Å². The number of ether oxygens (including phenoxy) is 1. The lowest BCUT2D eigenvalue weighted by Crippen LogP contribution is -2.31. The molecule has 0 unspecified atom stereocenters. The fraction of sp³-hybridized carbons (Fsp3) is 0.350. The molecule has 6 heteroatoms. The second-order valence-electron chi connectivity index (χ2n) is 6.96. The number of carbonyl (C=O) groups excluding carboxylic acids is 1. The molecule has 0 aromatic heterocycles. The van der Waals surface area contributed by atoms with Crippen LogP contribution in [0.4, 0.5) is 13.2 Å². The summed E-state index contributed by atoms with van der Waals surface area (Å²) in [5, 5.41) is 3.01. The molecule has 0 saturated heterocycles. The van der Waals surface area contributed by atoms with Gasteiger partial charge in [0.05, 0.1) is 12.1 Å². The standard InChI is InChI=1S/C20H22F3NO2/c1-19(2,3)26-18(25)13-24-12-14-4-6-15(7-5-14)16-8-10-17(11-9-16)20(21,22)23/h4-11,24H,12-13H2,1-3H3. The lowest BCUT2D eigenvalue weighted by Gasteiger charge is -2.19. The first-order valence-corrected chi connectivity index (χ1v) is 8.24. The van der Waals surface area contributed by atoms with Crippen LogP contribution in [0.2, 0.25) is 0 Å². The van der Waals surface area contributed by atoms with Gasteiger partial charge in [-0.2, -0.15) is 13.2 Å². The number of nitrogens with one attached hydrogen (secondary N) is 1. The maximum atomic E-state index is 12.6. The van der Waals surface area contributed by atoms with E-state index >= 15 is 0 Å². The molecule has 2 aromatic carbocycles. The summed E-state index contributed by atoms with van der Waals surface area (Å²) in [7, 11) is 0. The summed E-state index contributed by atoms with van der Waals surface area (Å²) in [5.41, 5.74) is 1.33. The number of alkyl halides is 3. The second-order valence-corrected chi connectivity index (χ2v) is 6.96. The molecule has 0 saturated carbocycles. The highest BCUT2D eigenvalue weighted by atomic mass is 19.4. The third-order valence-corrected chi connectivity index (χ3v) is 3.52. The highest BCUT2D eigenvalue weighted by Crippen LogP contribution is 2.31. The van der Waals surface area contributed by atoms with E-state index in [-0.39, 0.29) is 12.5 Å². The third kappa shape index (κ3) is 6.19. The summed E-state index contributed by atoms with van der Waals surface area (Å²) in [6.07, 6.45) is -4.33. The Hall–Kier alpha value is -2.34. The van der Waals surface area contributed by atoms with Crippen LogP contribution in [0.25, 0.3) is 11.1 Å². The molecule has 0 aliphatic heterocycles. The summed E-state index contributed by atoms with van der Waals surface area (Å²) in [4.78, 5) is 11.6. The molecule has 3 nitrogen and oxygen atoms in total. The second kappa shape index (κ2) is 7.91. The highest BCUT2D eigenvalue weighted by Gasteiger charge is 2.29. The molecule has 0 amide bonds. The molecular weight excluding hydrogens is 343 g/mol. The van der Waals surface area contributed by atoms with E-state index < -0.39 is 17.3 Å². The van der Waals surface area contributed by atoms with Gasteiger partial charge in [0.25, 0.3) is 0 Å². The SMILES string of the molecule is CC(C)(C)OC(=O)CNCc1ccc(-c2ccc(C(F)(F)F)cc2)cc1. The van der Waals surface area contributed by atoms with Crippen molar-refractivity contribution in [2.24, 2.45) is 0 Å². The number of hydrogen-bond acceptors (Lipinski definition) is 3. The minimum atomic E-state index is -4.33. The smallest absolute Gasteiger partial charge is 0.416 e. The highest BCUT2D eigenvalue weighted by molar-refractivity contribution is 5.72. The zero-order chi connectivity index (χ0) is 19.4. The Balaban J connectivity index is 1.91. The molecule has 26 heavy (non-hydrogen) atoms. The van der Waals surface area contributed by atoms with Crippen molar-refractivity contribution in [3.05, 3.63) is 59.7 Å². The van der Waals surface area contributed by atoms with Gasteiger partial charge in [0, 0.05) is 6.54 Å². The van der Waals surface area contributed by atoms with Crippen LogP contribution < -0.4 is 5.32 Å². The quantitative estimate of drug-likeness (QED) is 0.773. The van der Waals surface area contributed by atoms with E-state index in [1.54, 1.807) is 0 Å². The van der Waals surface area contributed by atoms with E-state index in [0.29, 0.717) is 12.1 Å². The summed E-state index contributed by atoms with van der Waals surface area (Å²) in [6, 6.07) is 12.5. The van der Waals surface area contributed by atoms with Crippen LogP contribution in [-0.2, 0) is 22.3 Å². The van der Waals surface area contributed by atoms with Gasteiger partial charge in [-0.25, -0.2) is 0 Å². The Kier molecular flexibility index (Phi) is 6.08. The van der Waals surface area contributed by atoms with Crippen molar-refractivity contribution in [1.29, 1.82) is 0 Å². The van der Waals surface area contributed by atoms with E-state index in [2.05, 4.69) is 5.32 Å². The average molecular weight is 365 g/mol. The zero-order valence-corrected chi connectivity index (χ0v) is 15.0. The molecular formula is C20H22F3NO2. The van der Waals surface area contributed by atoms with Crippen molar-refractivity contribution in [3.8, 4) is 11.1 Å². The van der Waals surface area contributed by atoms with Gasteiger partial charge in [-0.3, -0.25) is 4.79 Å². The fourth-order valence-electron chi connectivity index (χ4n) is 2.35. The molecule has 1 N–H and O–H groups in total. The molecule has 2 rings (SSSR count). The van der Waals surface area contributed by atoms with Crippen molar-refractivity contribution in [2.75, 3.05) is 6.54 Å². The third-order valence-electron chi connectivity index (χ3n) is 3.52. The number of benzene rings is 2. The van der Waals surface area contributed by atoms with Crippen molar-refractivity contribution in [3.63, 3.8) is 0 Å². The van der Waals surface area contributed by atoms with Gasteiger partial charge >= 0.3 is 12.1 Å². The molecule has 0 radical (unpaired) electrons. The molecule has 0 heterocycles. The van der Waals surface area contributed by atoms with Crippen LogP contribution in [0.5, 0.6) is 0 Å². The minimum absolute atomic E-state index is 0.109. The predicted molar refractivity (Wildman–Crippen MR) is 94.4 cm³/mol. The number of carbonyl (C=O) groups is 1. The maximum Gasteiger partial charge on any atom is 0.416 e. The van der Waals surface area contributed by atoms with Crippen LogP contribution in [0.15, 0.2) is 48.5 Å². The van der Waals surface area contributed by atoms with E-state index in [9.17, 15) is 18.0 Å². The molecule has 0 aliphatic rings. The molecule has 0 atom stereocenters.